The number of fused-ring (bicyclic) bond motifs is 2. The Morgan fingerprint density at radius 3 is 2.96 bits per heavy atom. The van der Waals surface area contributed by atoms with E-state index in [1.807, 2.05) is 21.0 Å². The largest absolute Gasteiger partial charge is 0.372 e. The van der Waals surface area contributed by atoms with Gasteiger partial charge in [-0.25, -0.2) is 0 Å². The molecule has 1 saturated heterocycles. The number of rotatable bonds is 3. The molecule has 0 saturated carbocycles. The molecule has 1 aromatic carbocycles. The summed E-state index contributed by atoms with van der Waals surface area (Å²) in [6.07, 6.45) is 5.21. The number of hydrogen-bond acceptors (Lipinski definition) is 4. The number of nitrogens with one attached hydrogen (secondary N) is 1. The predicted octanol–water partition coefficient (Wildman–Crippen LogP) is 3.73. The van der Waals surface area contributed by atoms with E-state index in [9.17, 15) is 0 Å². The van der Waals surface area contributed by atoms with Crippen molar-refractivity contribution in [3.8, 4) is 0 Å². The van der Waals surface area contributed by atoms with Gasteiger partial charge < -0.3 is 14.2 Å². The summed E-state index contributed by atoms with van der Waals surface area (Å²) in [5.41, 5.74) is 5.97. The summed E-state index contributed by atoms with van der Waals surface area (Å²) in [5.74, 6) is 1.45. The van der Waals surface area contributed by atoms with Crippen LogP contribution in [-0.4, -0.2) is 41.8 Å². The van der Waals surface area contributed by atoms with Gasteiger partial charge in [0.25, 0.3) is 0 Å². The summed E-state index contributed by atoms with van der Waals surface area (Å²) in [7, 11) is 4.13. The quantitative estimate of drug-likeness (QED) is 0.768. The average Bonchev–Trinajstić information content (AvgIpc) is 3.22. The van der Waals surface area contributed by atoms with Crippen LogP contribution in [0.5, 0.6) is 0 Å². The summed E-state index contributed by atoms with van der Waals surface area (Å²) in [6.45, 7) is 5.13. The lowest BCUT2D eigenvalue weighted by molar-refractivity contribution is -0.125. The fraction of sp³-hybridized carbons (Fsp3) is 0.500. The Kier molecular flexibility index (Phi) is 3.75. The highest BCUT2D eigenvalue weighted by Gasteiger charge is 2.51. The molecular formula is C22H27N3O2. The molecule has 3 aromatic rings. The van der Waals surface area contributed by atoms with E-state index >= 15 is 0 Å². The standard InChI is InChI=1S/C22H27N3O2/c1-13-17(14(2)27-24-13)8-15-10-22(26-4)18-6-5-7-19-21(18)16(11-23-19)9-20(22)25(3)12-15/h5-7,11,15,20,23H,8-10,12H2,1-4H3. The molecule has 3 atom stereocenters. The van der Waals surface area contributed by atoms with Gasteiger partial charge in [-0.15, -0.1) is 0 Å². The molecule has 27 heavy (non-hydrogen) atoms. The summed E-state index contributed by atoms with van der Waals surface area (Å²) in [4.78, 5) is 5.96. The van der Waals surface area contributed by atoms with Crippen LogP contribution >= 0.6 is 0 Å². The summed E-state index contributed by atoms with van der Waals surface area (Å²) in [6, 6.07) is 6.94. The minimum Gasteiger partial charge on any atom is -0.372 e. The van der Waals surface area contributed by atoms with Crippen molar-refractivity contribution in [1.29, 1.82) is 0 Å². The topological polar surface area (TPSA) is 54.3 Å². The van der Waals surface area contributed by atoms with Gasteiger partial charge in [0.05, 0.1) is 5.69 Å². The van der Waals surface area contributed by atoms with E-state index in [-0.39, 0.29) is 5.60 Å². The first-order valence-electron chi connectivity index (χ1n) is 9.80. The molecule has 0 amide bonds. The minimum absolute atomic E-state index is 0.272. The molecule has 0 radical (unpaired) electrons. The fourth-order valence-electron chi connectivity index (χ4n) is 5.66. The van der Waals surface area contributed by atoms with Crippen molar-refractivity contribution in [2.45, 2.75) is 44.8 Å². The van der Waals surface area contributed by atoms with E-state index in [0.29, 0.717) is 12.0 Å². The molecule has 5 rings (SSSR count). The fourth-order valence-corrected chi connectivity index (χ4v) is 5.66. The van der Waals surface area contributed by atoms with E-state index in [1.54, 1.807) is 0 Å². The third-order valence-electron chi connectivity index (χ3n) is 6.90. The van der Waals surface area contributed by atoms with Gasteiger partial charge in [0.2, 0.25) is 0 Å². The molecule has 5 heteroatoms. The van der Waals surface area contributed by atoms with Gasteiger partial charge in [-0.3, -0.25) is 4.90 Å². The van der Waals surface area contributed by atoms with Crippen LogP contribution < -0.4 is 0 Å². The van der Waals surface area contributed by atoms with Gasteiger partial charge in [-0.2, -0.15) is 0 Å². The van der Waals surface area contributed by atoms with E-state index < -0.39 is 0 Å². The van der Waals surface area contributed by atoms with Crippen LogP contribution in [0.2, 0.25) is 0 Å². The number of ether oxygens (including phenoxy) is 1. The van der Waals surface area contributed by atoms with Crippen molar-refractivity contribution in [3.05, 3.63) is 52.5 Å². The SMILES string of the molecule is COC12CC(Cc3c(C)noc3C)CN(C)C1Cc1c[nH]c3cccc2c13. The molecular weight excluding hydrogens is 338 g/mol. The number of aryl methyl sites for hydroxylation is 2. The molecule has 2 aliphatic rings. The highest BCUT2D eigenvalue weighted by Crippen LogP contribution is 2.49. The molecule has 142 valence electrons. The van der Waals surface area contributed by atoms with Gasteiger partial charge in [0, 0.05) is 42.4 Å². The van der Waals surface area contributed by atoms with Crippen molar-refractivity contribution in [2.24, 2.45) is 5.92 Å². The number of piperidine rings is 1. The van der Waals surface area contributed by atoms with Crippen LogP contribution in [0.1, 0.15) is 34.6 Å². The van der Waals surface area contributed by atoms with E-state index in [0.717, 1.165) is 37.3 Å². The number of methoxy groups -OCH3 is 1. The minimum atomic E-state index is -0.272. The second kappa shape index (κ2) is 5.94. The number of aromatic nitrogens is 2. The van der Waals surface area contributed by atoms with Gasteiger partial charge in [-0.1, -0.05) is 17.3 Å². The number of hydrogen-bond donors (Lipinski definition) is 1. The average molecular weight is 365 g/mol. The maximum atomic E-state index is 6.38. The zero-order chi connectivity index (χ0) is 18.8. The maximum Gasteiger partial charge on any atom is 0.137 e. The monoisotopic (exact) mass is 365 g/mol. The third kappa shape index (κ3) is 2.34. The molecule has 3 unspecified atom stereocenters. The Bertz CT molecular complexity index is 985. The van der Waals surface area contributed by atoms with Gasteiger partial charge in [0.15, 0.2) is 0 Å². The molecule has 0 bridgehead atoms. The van der Waals surface area contributed by atoms with Crippen LogP contribution in [0.3, 0.4) is 0 Å². The highest BCUT2D eigenvalue weighted by atomic mass is 16.5. The number of H-pyrrole nitrogens is 1. The smallest absolute Gasteiger partial charge is 0.137 e. The number of likely N-dealkylation sites (tertiary alicyclic amines) is 1. The Morgan fingerprint density at radius 2 is 2.22 bits per heavy atom. The third-order valence-corrected chi connectivity index (χ3v) is 6.90. The maximum absolute atomic E-state index is 6.38. The van der Waals surface area contributed by atoms with Crippen LogP contribution in [0.4, 0.5) is 0 Å². The molecule has 1 N–H and O–H groups in total. The molecule has 3 heterocycles. The Morgan fingerprint density at radius 1 is 1.37 bits per heavy atom. The van der Waals surface area contributed by atoms with E-state index in [1.165, 1.54) is 27.6 Å². The Labute approximate surface area is 159 Å². The zero-order valence-electron chi connectivity index (χ0n) is 16.5. The zero-order valence-corrected chi connectivity index (χ0v) is 16.5. The lowest BCUT2D eigenvalue weighted by atomic mass is 9.68. The van der Waals surface area contributed by atoms with Crippen LogP contribution in [0.25, 0.3) is 10.9 Å². The van der Waals surface area contributed by atoms with Crippen LogP contribution in [-0.2, 0) is 23.2 Å². The van der Waals surface area contributed by atoms with Gasteiger partial charge in [0.1, 0.15) is 11.4 Å². The predicted molar refractivity (Wildman–Crippen MR) is 105 cm³/mol. The molecule has 1 fully saturated rings. The Balaban J connectivity index is 1.59. The number of nitrogens with zero attached hydrogens (tertiary/aromatic N) is 2. The van der Waals surface area contributed by atoms with E-state index in [2.05, 4.69) is 46.5 Å². The number of likely N-dealkylation sites (N-methyl/N-ethyl adjacent to an activating group) is 1. The lowest BCUT2D eigenvalue weighted by Crippen LogP contribution is -2.59. The number of aromatic amines is 1. The highest BCUT2D eigenvalue weighted by molar-refractivity contribution is 5.88. The Hall–Kier alpha value is -2.11. The van der Waals surface area contributed by atoms with E-state index in [4.69, 9.17) is 9.26 Å². The first-order valence-corrected chi connectivity index (χ1v) is 9.80. The van der Waals surface area contributed by atoms with Crippen molar-refractivity contribution < 1.29 is 9.26 Å². The molecule has 5 nitrogen and oxygen atoms in total. The van der Waals surface area contributed by atoms with Crippen molar-refractivity contribution in [2.75, 3.05) is 20.7 Å². The molecule has 1 aliphatic carbocycles. The molecule has 0 spiro atoms. The second-order valence-corrected chi connectivity index (χ2v) is 8.37. The summed E-state index contributed by atoms with van der Waals surface area (Å²) < 4.78 is 11.8. The first kappa shape index (κ1) is 17.0. The summed E-state index contributed by atoms with van der Waals surface area (Å²) >= 11 is 0. The molecule has 2 aromatic heterocycles. The van der Waals surface area contributed by atoms with Crippen LogP contribution in [0.15, 0.2) is 28.9 Å². The summed E-state index contributed by atoms with van der Waals surface area (Å²) in [5, 5.41) is 5.51. The second-order valence-electron chi connectivity index (χ2n) is 8.37. The lowest BCUT2D eigenvalue weighted by Gasteiger charge is -2.53. The van der Waals surface area contributed by atoms with Gasteiger partial charge >= 0.3 is 0 Å². The van der Waals surface area contributed by atoms with Crippen LogP contribution in [0, 0.1) is 19.8 Å². The van der Waals surface area contributed by atoms with Crippen molar-refractivity contribution >= 4 is 10.9 Å². The number of benzene rings is 1. The molecule has 1 aliphatic heterocycles. The van der Waals surface area contributed by atoms with Gasteiger partial charge in [-0.05, 0) is 63.3 Å². The van der Waals surface area contributed by atoms with Crippen molar-refractivity contribution in [3.63, 3.8) is 0 Å². The normalized spacial score (nSPS) is 27.9. The van der Waals surface area contributed by atoms with Crippen molar-refractivity contribution in [1.82, 2.24) is 15.0 Å². The first-order chi connectivity index (χ1) is 13.0.